The van der Waals surface area contributed by atoms with E-state index in [1.807, 2.05) is 18.2 Å². The number of rotatable bonds is 4. The molecule has 1 amide bonds. The highest BCUT2D eigenvalue weighted by atomic mass is 19.1. The van der Waals surface area contributed by atoms with E-state index in [-0.39, 0.29) is 12.2 Å². The van der Waals surface area contributed by atoms with Crippen molar-refractivity contribution in [1.29, 1.82) is 0 Å². The molecule has 5 heteroatoms. The number of nitrogens with zero attached hydrogens (tertiary/aromatic N) is 1. The average molecular weight is 387 g/mol. The molecule has 0 aliphatic heterocycles. The van der Waals surface area contributed by atoms with Crippen molar-refractivity contribution in [3.63, 3.8) is 0 Å². The van der Waals surface area contributed by atoms with Gasteiger partial charge in [-0.1, -0.05) is 48.4 Å². The van der Waals surface area contributed by atoms with Crippen LogP contribution in [0, 0.1) is 17.7 Å². The summed E-state index contributed by atoms with van der Waals surface area (Å²) >= 11 is 0. The number of carbonyl (C=O) groups excluding carboxylic acids is 2. The number of esters is 1. The number of para-hydroxylation sites is 1. The van der Waals surface area contributed by atoms with Gasteiger partial charge < -0.3 is 4.74 Å². The van der Waals surface area contributed by atoms with Crippen molar-refractivity contribution in [1.82, 2.24) is 0 Å². The van der Waals surface area contributed by atoms with Crippen molar-refractivity contribution < 1.29 is 18.7 Å². The predicted molar refractivity (Wildman–Crippen MR) is 109 cm³/mol. The number of hydrogen-bond acceptors (Lipinski definition) is 3. The van der Waals surface area contributed by atoms with Crippen LogP contribution < -0.4 is 4.90 Å². The molecular weight excluding hydrogens is 369 g/mol. The molecule has 0 spiro atoms. The lowest BCUT2D eigenvalue weighted by atomic mass is 10.1. The van der Waals surface area contributed by atoms with E-state index in [2.05, 4.69) is 11.8 Å². The number of ether oxygens (including phenoxy) is 1. The first-order chi connectivity index (χ1) is 14.1. The summed E-state index contributed by atoms with van der Waals surface area (Å²) in [5, 5.41) is 0. The highest BCUT2D eigenvalue weighted by Gasteiger charge is 2.18. The Morgan fingerprint density at radius 3 is 2.41 bits per heavy atom. The van der Waals surface area contributed by atoms with E-state index in [1.54, 1.807) is 48.5 Å². The molecule has 0 unspecified atom stereocenters. The maximum absolute atomic E-state index is 14.4. The Balaban J connectivity index is 1.94. The number of methoxy groups -OCH3 is 1. The number of carbonyl (C=O) groups is 2. The van der Waals surface area contributed by atoms with Crippen LogP contribution in [0.15, 0.2) is 78.9 Å². The molecule has 0 aliphatic rings. The normalized spacial score (nSPS) is 9.86. The lowest BCUT2D eigenvalue weighted by Gasteiger charge is -2.21. The van der Waals surface area contributed by atoms with Gasteiger partial charge in [0.15, 0.2) is 0 Å². The summed E-state index contributed by atoms with van der Waals surface area (Å²) in [6.45, 7) is 0.0497. The summed E-state index contributed by atoms with van der Waals surface area (Å²) in [6.07, 6.45) is 0. The van der Waals surface area contributed by atoms with Crippen molar-refractivity contribution in [2.75, 3.05) is 12.0 Å². The van der Waals surface area contributed by atoms with Gasteiger partial charge in [0.1, 0.15) is 5.82 Å². The van der Waals surface area contributed by atoms with Gasteiger partial charge in [-0.25, -0.2) is 9.18 Å². The Morgan fingerprint density at radius 2 is 1.69 bits per heavy atom. The van der Waals surface area contributed by atoms with Crippen molar-refractivity contribution in [2.24, 2.45) is 0 Å². The summed E-state index contributed by atoms with van der Waals surface area (Å²) in [4.78, 5) is 25.9. The highest BCUT2D eigenvalue weighted by Crippen LogP contribution is 2.22. The Morgan fingerprint density at radius 1 is 0.966 bits per heavy atom. The van der Waals surface area contributed by atoms with Crippen molar-refractivity contribution in [3.05, 3.63) is 101 Å². The van der Waals surface area contributed by atoms with Gasteiger partial charge in [-0.2, -0.15) is 0 Å². The van der Waals surface area contributed by atoms with Gasteiger partial charge in [-0.15, -0.1) is 0 Å². The summed E-state index contributed by atoms with van der Waals surface area (Å²) in [7, 11) is 1.29. The van der Waals surface area contributed by atoms with Crippen LogP contribution >= 0.6 is 0 Å². The first kappa shape index (κ1) is 19.8. The van der Waals surface area contributed by atoms with Gasteiger partial charge in [-0.3, -0.25) is 9.69 Å². The van der Waals surface area contributed by atoms with Crippen LogP contribution in [0.5, 0.6) is 0 Å². The Kier molecular flexibility index (Phi) is 6.39. The van der Waals surface area contributed by atoms with Gasteiger partial charge >= 0.3 is 11.9 Å². The molecule has 0 aliphatic carbocycles. The molecular formula is C24H18FNO3. The second-order valence-corrected chi connectivity index (χ2v) is 6.15. The van der Waals surface area contributed by atoms with E-state index in [9.17, 15) is 14.0 Å². The van der Waals surface area contributed by atoms with Gasteiger partial charge in [0.2, 0.25) is 0 Å². The minimum absolute atomic E-state index is 0.0497. The molecule has 3 aromatic carbocycles. The number of benzene rings is 3. The van der Waals surface area contributed by atoms with Crippen LogP contribution in [0.25, 0.3) is 0 Å². The van der Waals surface area contributed by atoms with E-state index >= 15 is 0 Å². The molecule has 0 saturated carbocycles. The molecule has 3 rings (SSSR count). The topological polar surface area (TPSA) is 46.6 Å². The van der Waals surface area contributed by atoms with E-state index in [1.165, 1.54) is 24.1 Å². The third-order valence-electron chi connectivity index (χ3n) is 4.16. The molecule has 0 bridgehead atoms. The molecule has 3 aromatic rings. The number of amides is 1. The standard InChI is InChI=1S/C24H18FNO3/c1-29-24(28)20-11-7-10-19(16-20)17-26(22-13-6-5-12-21(22)25)23(27)15-14-18-8-3-2-4-9-18/h2-13,16H,17H2,1H3. The molecule has 0 heterocycles. The maximum atomic E-state index is 14.4. The van der Waals surface area contributed by atoms with Crippen molar-refractivity contribution >= 4 is 17.6 Å². The van der Waals surface area contributed by atoms with Gasteiger partial charge in [0.25, 0.3) is 0 Å². The molecule has 0 radical (unpaired) electrons. The maximum Gasteiger partial charge on any atom is 0.337 e. The summed E-state index contributed by atoms with van der Waals surface area (Å²) in [5.74, 6) is 3.80. The number of hydrogen-bond donors (Lipinski definition) is 0. The lowest BCUT2D eigenvalue weighted by molar-refractivity contribution is -0.113. The second kappa shape index (κ2) is 9.34. The van der Waals surface area contributed by atoms with Crippen LogP contribution in [0.1, 0.15) is 21.5 Å². The van der Waals surface area contributed by atoms with Crippen molar-refractivity contribution in [2.45, 2.75) is 6.54 Å². The molecule has 144 valence electrons. The first-order valence-corrected chi connectivity index (χ1v) is 8.89. The highest BCUT2D eigenvalue weighted by molar-refractivity contribution is 6.06. The van der Waals surface area contributed by atoms with Crippen LogP contribution in [-0.2, 0) is 16.1 Å². The van der Waals surface area contributed by atoms with Gasteiger partial charge in [0, 0.05) is 11.5 Å². The monoisotopic (exact) mass is 387 g/mol. The largest absolute Gasteiger partial charge is 0.465 e. The van der Waals surface area contributed by atoms with Crippen LogP contribution in [0.2, 0.25) is 0 Å². The lowest BCUT2D eigenvalue weighted by Crippen LogP contribution is -2.30. The zero-order chi connectivity index (χ0) is 20.6. The molecule has 0 fully saturated rings. The molecule has 4 nitrogen and oxygen atoms in total. The number of halogens is 1. The molecule has 0 saturated heterocycles. The first-order valence-electron chi connectivity index (χ1n) is 8.89. The SMILES string of the molecule is COC(=O)c1cccc(CN(C(=O)C#Cc2ccccc2)c2ccccc2F)c1. The summed E-state index contributed by atoms with van der Waals surface area (Å²) in [6, 6.07) is 21.7. The third kappa shape index (κ3) is 5.08. The summed E-state index contributed by atoms with van der Waals surface area (Å²) in [5.41, 5.74) is 1.79. The zero-order valence-electron chi connectivity index (χ0n) is 15.8. The molecule has 0 N–H and O–H groups in total. The average Bonchev–Trinajstić information content (AvgIpc) is 2.77. The molecule has 0 aromatic heterocycles. The fraction of sp³-hybridized carbons (Fsp3) is 0.0833. The summed E-state index contributed by atoms with van der Waals surface area (Å²) < 4.78 is 19.1. The molecule has 0 atom stereocenters. The minimum Gasteiger partial charge on any atom is -0.465 e. The Hall–Kier alpha value is -3.91. The number of anilines is 1. The Labute approximate surface area is 168 Å². The van der Waals surface area contributed by atoms with Crippen LogP contribution in [0.3, 0.4) is 0 Å². The van der Waals surface area contributed by atoms with E-state index in [4.69, 9.17) is 4.74 Å². The smallest absolute Gasteiger partial charge is 0.337 e. The van der Waals surface area contributed by atoms with Gasteiger partial charge in [0.05, 0.1) is 24.9 Å². The van der Waals surface area contributed by atoms with E-state index < -0.39 is 17.7 Å². The zero-order valence-corrected chi connectivity index (χ0v) is 15.8. The Bertz CT molecular complexity index is 1080. The van der Waals surface area contributed by atoms with Gasteiger partial charge in [-0.05, 0) is 42.0 Å². The second-order valence-electron chi connectivity index (χ2n) is 6.15. The fourth-order valence-electron chi connectivity index (χ4n) is 2.75. The third-order valence-corrected chi connectivity index (χ3v) is 4.16. The van der Waals surface area contributed by atoms with Crippen molar-refractivity contribution in [3.8, 4) is 11.8 Å². The fourth-order valence-corrected chi connectivity index (χ4v) is 2.75. The van der Waals surface area contributed by atoms with E-state index in [0.29, 0.717) is 16.7 Å². The minimum atomic E-state index is -0.553. The van der Waals surface area contributed by atoms with Crippen LogP contribution in [-0.4, -0.2) is 19.0 Å². The molecule has 29 heavy (non-hydrogen) atoms. The quantitative estimate of drug-likeness (QED) is 0.498. The predicted octanol–water partition coefficient (Wildman–Crippen LogP) is 4.20. The van der Waals surface area contributed by atoms with E-state index in [0.717, 1.165) is 0 Å². The van der Waals surface area contributed by atoms with Crippen LogP contribution in [0.4, 0.5) is 10.1 Å².